The van der Waals surface area contributed by atoms with Crippen molar-refractivity contribution in [2.45, 2.75) is 38.9 Å². The highest BCUT2D eigenvalue weighted by Crippen LogP contribution is 2.23. The number of nitrogens with two attached hydrogens (primary N) is 1. The van der Waals surface area contributed by atoms with E-state index < -0.39 is 0 Å². The van der Waals surface area contributed by atoms with Gasteiger partial charge in [0.1, 0.15) is 0 Å². The molecule has 21 heavy (non-hydrogen) atoms. The fraction of sp³-hybridized carbons (Fsp3) is 0.389. The lowest BCUT2D eigenvalue weighted by molar-refractivity contribution is 0.197. The van der Waals surface area contributed by atoms with E-state index in [1.54, 1.807) is 0 Å². The van der Waals surface area contributed by atoms with E-state index in [2.05, 4.69) is 61.1 Å². The smallest absolute Gasteiger partial charge is 0.0673 e. The topological polar surface area (TPSA) is 42.1 Å². The van der Waals surface area contributed by atoms with Crippen molar-refractivity contribution in [3.63, 3.8) is 0 Å². The number of likely N-dealkylation sites (N-methyl/N-ethyl adjacent to an activating group) is 1. The highest BCUT2D eigenvalue weighted by molar-refractivity contribution is 5.21. The molecule has 0 radical (unpaired) electrons. The van der Waals surface area contributed by atoms with Crippen LogP contribution in [-0.2, 0) is 6.54 Å². The number of nitrogens with zero attached hydrogens (tertiary/aromatic N) is 2. The van der Waals surface area contributed by atoms with E-state index in [1.165, 1.54) is 11.1 Å². The Morgan fingerprint density at radius 1 is 1.14 bits per heavy atom. The Morgan fingerprint density at radius 3 is 2.43 bits per heavy atom. The molecule has 0 amide bonds. The van der Waals surface area contributed by atoms with Crippen molar-refractivity contribution >= 4 is 0 Å². The molecule has 0 aliphatic rings. The third-order valence-electron chi connectivity index (χ3n) is 3.90. The van der Waals surface area contributed by atoms with Crippen LogP contribution < -0.4 is 5.73 Å². The first-order chi connectivity index (χ1) is 10.1. The summed E-state index contributed by atoms with van der Waals surface area (Å²) >= 11 is 0. The van der Waals surface area contributed by atoms with Crippen LogP contribution in [0.4, 0.5) is 0 Å². The lowest BCUT2D eigenvalue weighted by Crippen LogP contribution is -2.39. The van der Waals surface area contributed by atoms with Crippen LogP contribution in [0.5, 0.6) is 0 Å². The van der Waals surface area contributed by atoms with E-state index in [9.17, 15) is 0 Å². The summed E-state index contributed by atoms with van der Waals surface area (Å²) in [6.07, 6.45) is 2.77. The molecule has 2 aromatic rings. The number of hydrogen-bond acceptors (Lipinski definition) is 3. The molecule has 1 heterocycles. The van der Waals surface area contributed by atoms with E-state index in [0.717, 1.165) is 18.7 Å². The van der Waals surface area contributed by atoms with Gasteiger partial charge in [-0.3, -0.25) is 9.88 Å². The maximum atomic E-state index is 6.35. The zero-order chi connectivity index (χ0) is 15.2. The van der Waals surface area contributed by atoms with Gasteiger partial charge >= 0.3 is 0 Å². The van der Waals surface area contributed by atoms with Gasteiger partial charge in [-0.05, 0) is 38.1 Å². The van der Waals surface area contributed by atoms with Gasteiger partial charge < -0.3 is 5.73 Å². The second kappa shape index (κ2) is 7.34. The van der Waals surface area contributed by atoms with E-state index in [1.807, 2.05) is 18.3 Å². The molecule has 112 valence electrons. The average molecular weight is 283 g/mol. The summed E-state index contributed by atoms with van der Waals surface area (Å²) < 4.78 is 0. The molecule has 1 aromatic heterocycles. The molecule has 3 nitrogen and oxygen atoms in total. The highest BCUT2D eigenvalue weighted by atomic mass is 15.2. The minimum Gasteiger partial charge on any atom is -0.326 e. The number of pyridine rings is 1. The quantitative estimate of drug-likeness (QED) is 0.884. The van der Waals surface area contributed by atoms with Crippen LogP contribution in [0.2, 0.25) is 0 Å². The Hall–Kier alpha value is -1.71. The zero-order valence-corrected chi connectivity index (χ0v) is 13.2. The van der Waals surface area contributed by atoms with Crippen molar-refractivity contribution in [3.8, 4) is 0 Å². The first kappa shape index (κ1) is 15.7. The van der Waals surface area contributed by atoms with Crippen LogP contribution in [0.15, 0.2) is 48.7 Å². The number of benzene rings is 1. The number of hydrogen-bond donors (Lipinski definition) is 1. The second-order valence-corrected chi connectivity index (χ2v) is 5.67. The zero-order valence-electron chi connectivity index (χ0n) is 13.2. The first-order valence-electron chi connectivity index (χ1n) is 7.54. The van der Waals surface area contributed by atoms with Gasteiger partial charge in [0.15, 0.2) is 0 Å². The van der Waals surface area contributed by atoms with Crippen molar-refractivity contribution in [1.29, 1.82) is 0 Å². The monoisotopic (exact) mass is 283 g/mol. The van der Waals surface area contributed by atoms with Gasteiger partial charge in [-0.2, -0.15) is 0 Å². The molecule has 2 unspecified atom stereocenters. The van der Waals surface area contributed by atoms with Crippen LogP contribution in [0, 0.1) is 6.92 Å². The normalized spacial score (nSPS) is 14.1. The van der Waals surface area contributed by atoms with Crippen molar-refractivity contribution in [2.24, 2.45) is 5.73 Å². The molecular formula is C18H25N3. The third kappa shape index (κ3) is 4.13. The summed E-state index contributed by atoms with van der Waals surface area (Å²) in [6, 6.07) is 14.9. The molecule has 0 aliphatic heterocycles. The Kier molecular flexibility index (Phi) is 5.48. The fourth-order valence-electron chi connectivity index (χ4n) is 2.63. The van der Waals surface area contributed by atoms with Gasteiger partial charge in [0.25, 0.3) is 0 Å². The highest BCUT2D eigenvalue weighted by Gasteiger charge is 2.24. The van der Waals surface area contributed by atoms with Crippen LogP contribution in [0.3, 0.4) is 0 Å². The van der Waals surface area contributed by atoms with Crippen molar-refractivity contribution in [1.82, 2.24) is 9.88 Å². The van der Waals surface area contributed by atoms with E-state index in [4.69, 9.17) is 5.73 Å². The van der Waals surface area contributed by atoms with Gasteiger partial charge in [-0.1, -0.05) is 42.8 Å². The largest absolute Gasteiger partial charge is 0.326 e. The SMILES string of the molecule is CCC(N)C(c1ccccn1)N(C)Cc1ccc(C)cc1. The van der Waals surface area contributed by atoms with Crippen LogP contribution >= 0.6 is 0 Å². The lowest BCUT2D eigenvalue weighted by Gasteiger charge is -2.32. The second-order valence-electron chi connectivity index (χ2n) is 5.67. The summed E-state index contributed by atoms with van der Waals surface area (Å²) in [7, 11) is 2.12. The average Bonchev–Trinajstić information content (AvgIpc) is 2.50. The van der Waals surface area contributed by atoms with Gasteiger partial charge in [0, 0.05) is 18.8 Å². The minimum absolute atomic E-state index is 0.0790. The molecule has 2 rings (SSSR count). The standard InChI is InChI=1S/C18H25N3/c1-4-16(19)18(17-7-5-6-12-20-17)21(3)13-15-10-8-14(2)9-11-15/h5-12,16,18H,4,13,19H2,1-3H3. The lowest BCUT2D eigenvalue weighted by atomic mass is 10.00. The van der Waals surface area contributed by atoms with Crippen molar-refractivity contribution in [3.05, 3.63) is 65.5 Å². The fourth-order valence-corrected chi connectivity index (χ4v) is 2.63. The van der Waals surface area contributed by atoms with Gasteiger partial charge in [-0.15, -0.1) is 0 Å². The molecule has 3 heteroatoms. The van der Waals surface area contributed by atoms with Gasteiger partial charge in [0.2, 0.25) is 0 Å². The molecule has 2 N–H and O–H groups in total. The number of aryl methyl sites for hydroxylation is 1. The van der Waals surface area contributed by atoms with Crippen LogP contribution in [0.25, 0.3) is 0 Å². The summed E-state index contributed by atoms with van der Waals surface area (Å²) in [6.45, 7) is 5.10. The van der Waals surface area contributed by atoms with E-state index in [-0.39, 0.29) is 12.1 Å². The number of aromatic nitrogens is 1. The molecule has 0 saturated heterocycles. The summed E-state index contributed by atoms with van der Waals surface area (Å²) in [5.41, 5.74) is 9.97. The number of rotatable bonds is 6. The summed E-state index contributed by atoms with van der Waals surface area (Å²) in [5, 5.41) is 0. The molecule has 0 aliphatic carbocycles. The third-order valence-corrected chi connectivity index (χ3v) is 3.90. The summed E-state index contributed by atoms with van der Waals surface area (Å²) in [5.74, 6) is 0. The van der Waals surface area contributed by atoms with Crippen LogP contribution in [-0.4, -0.2) is 23.0 Å². The van der Waals surface area contributed by atoms with Crippen LogP contribution in [0.1, 0.15) is 36.2 Å². The maximum Gasteiger partial charge on any atom is 0.0673 e. The van der Waals surface area contributed by atoms with E-state index in [0.29, 0.717) is 0 Å². The van der Waals surface area contributed by atoms with Gasteiger partial charge in [-0.25, -0.2) is 0 Å². The maximum absolute atomic E-state index is 6.35. The summed E-state index contributed by atoms with van der Waals surface area (Å²) in [4.78, 5) is 6.80. The molecule has 2 atom stereocenters. The Morgan fingerprint density at radius 2 is 1.86 bits per heavy atom. The molecule has 0 bridgehead atoms. The molecular weight excluding hydrogens is 258 g/mol. The molecule has 0 spiro atoms. The predicted octanol–water partition coefficient (Wildman–Crippen LogP) is 3.30. The predicted molar refractivity (Wildman–Crippen MR) is 87.9 cm³/mol. The first-order valence-corrected chi connectivity index (χ1v) is 7.54. The molecule has 0 fully saturated rings. The van der Waals surface area contributed by atoms with Crippen molar-refractivity contribution in [2.75, 3.05) is 7.05 Å². The Labute approximate surface area is 127 Å². The van der Waals surface area contributed by atoms with Crippen molar-refractivity contribution < 1.29 is 0 Å². The Bertz CT molecular complexity index is 536. The molecule has 0 saturated carbocycles. The molecule has 1 aromatic carbocycles. The van der Waals surface area contributed by atoms with E-state index >= 15 is 0 Å². The van der Waals surface area contributed by atoms with Gasteiger partial charge in [0.05, 0.1) is 11.7 Å². The Balaban J connectivity index is 2.18. The minimum atomic E-state index is 0.0790.